The lowest BCUT2D eigenvalue weighted by Crippen LogP contribution is -2.16. The molecule has 3 rings (SSSR count). The maximum Gasteiger partial charge on any atom is 0.213 e. The van der Waals surface area contributed by atoms with Crippen LogP contribution in [0.25, 0.3) is 0 Å². The summed E-state index contributed by atoms with van der Waals surface area (Å²) in [5, 5.41) is 3.57. The molecule has 1 aromatic rings. The van der Waals surface area contributed by atoms with E-state index in [9.17, 15) is 0 Å². The van der Waals surface area contributed by atoms with Gasteiger partial charge in [0.1, 0.15) is 0 Å². The topological polar surface area (TPSA) is 34.1 Å². The van der Waals surface area contributed by atoms with Crippen LogP contribution in [0.4, 0.5) is 0 Å². The SMILES string of the molecule is CCCc1cc(CNC2CC2)cc(OCCC2CC2)n1. The van der Waals surface area contributed by atoms with Crippen LogP contribution in [0, 0.1) is 5.92 Å². The Bertz CT molecular complexity index is 439. The van der Waals surface area contributed by atoms with E-state index >= 15 is 0 Å². The first-order valence-electron chi connectivity index (χ1n) is 8.19. The molecule has 0 saturated heterocycles. The van der Waals surface area contributed by atoms with Crippen molar-refractivity contribution in [3.05, 3.63) is 23.4 Å². The molecule has 1 heterocycles. The van der Waals surface area contributed by atoms with Crippen LogP contribution in [-0.4, -0.2) is 17.6 Å². The van der Waals surface area contributed by atoms with E-state index < -0.39 is 0 Å². The zero-order chi connectivity index (χ0) is 13.8. The fraction of sp³-hybridized carbons (Fsp3) is 0.706. The quantitative estimate of drug-likeness (QED) is 0.748. The fourth-order valence-corrected chi connectivity index (χ4v) is 2.47. The molecule has 0 bridgehead atoms. The Hall–Kier alpha value is -1.09. The van der Waals surface area contributed by atoms with Crippen molar-refractivity contribution < 1.29 is 4.74 Å². The van der Waals surface area contributed by atoms with E-state index in [1.54, 1.807) is 0 Å². The van der Waals surface area contributed by atoms with Crippen molar-refractivity contribution >= 4 is 0 Å². The Kier molecular flexibility index (Phi) is 4.56. The number of nitrogens with one attached hydrogen (secondary N) is 1. The monoisotopic (exact) mass is 274 g/mol. The Balaban J connectivity index is 1.58. The molecule has 0 spiro atoms. The highest BCUT2D eigenvalue weighted by Crippen LogP contribution is 2.32. The Morgan fingerprint density at radius 3 is 2.80 bits per heavy atom. The van der Waals surface area contributed by atoms with Crippen molar-refractivity contribution in [2.24, 2.45) is 5.92 Å². The molecule has 1 aromatic heterocycles. The minimum absolute atomic E-state index is 0.747. The van der Waals surface area contributed by atoms with Gasteiger partial charge >= 0.3 is 0 Å². The van der Waals surface area contributed by atoms with Crippen molar-refractivity contribution in [1.82, 2.24) is 10.3 Å². The minimum Gasteiger partial charge on any atom is -0.478 e. The van der Waals surface area contributed by atoms with Gasteiger partial charge in [0, 0.05) is 24.3 Å². The predicted molar refractivity (Wildman–Crippen MR) is 80.9 cm³/mol. The largest absolute Gasteiger partial charge is 0.478 e. The standard InChI is InChI=1S/C17H26N2O/c1-2-3-16-10-14(12-18-15-6-7-15)11-17(19-16)20-9-8-13-4-5-13/h10-11,13,15,18H,2-9,12H2,1H3. The smallest absolute Gasteiger partial charge is 0.213 e. The molecular formula is C17H26N2O. The zero-order valence-corrected chi connectivity index (χ0v) is 12.5. The number of rotatable bonds is 9. The number of hydrogen-bond donors (Lipinski definition) is 1. The predicted octanol–water partition coefficient (Wildman–Crippen LogP) is 3.47. The molecular weight excluding hydrogens is 248 g/mol. The average Bonchev–Trinajstić information content (AvgIpc) is 3.31. The Morgan fingerprint density at radius 1 is 1.25 bits per heavy atom. The summed E-state index contributed by atoms with van der Waals surface area (Å²) >= 11 is 0. The Labute approximate surface area is 122 Å². The number of aromatic nitrogens is 1. The molecule has 0 unspecified atom stereocenters. The second-order valence-electron chi connectivity index (χ2n) is 6.29. The van der Waals surface area contributed by atoms with Gasteiger partial charge in [0.25, 0.3) is 0 Å². The lowest BCUT2D eigenvalue weighted by atomic mass is 10.1. The molecule has 0 aliphatic heterocycles. The summed E-state index contributed by atoms with van der Waals surface area (Å²) < 4.78 is 5.87. The van der Waals surface area contributed by atoms with Crippen molar-refractivity contribution in [3.63, 3.8) is 0 Å². The fourth-order valence-electron chi connectivity index (χ4n) is 2.47. The van der Waals surface area contributed by atoms with Gasteiger partial charge in [-0.25, -0.2) is 4.98 Å². The van der Waals surface area contributed by atoms with E-state index in [2.05, 4.69) is 29.4 Å². The second-order valence-corrected chi connectivity index (χ2v) is 6.29. The number of pyridine rings is 1. The molecule has 20 heavy (non-hydrogen) atoms. The summed E-state index contributed by atoms with van der Waals surface area (Å²) in [4.78, 5) is 4.63. The van der Waals surface area contributed by atoms with Gasteiger partial charge in [-0.1, -0.05) is 26.2 Å². The van der Waals surface area contributed by atoms with Gasteiger partial charge < -0.3 is 10.1 Å². The van der Waals surface area contributed by atoms with Gasteiger partial charge in [0.15, 0.2) is 0 Å². The second kappa shape index (κ2) is 6.57. The molecule has 0 atom stereocenters. The highest BCUT2D eigenvalue weighted by molar-refractivity contribution is 5.25. The van der Waals surface area contributed by atoms with Crippen molar-refractivity contribution in [2.75, 3.05) is 6.61 Å². The number of ether oxygens (including phenoxy) is 1. The van der Waals surface area contributed by atoms with Crippen molar-refractivity contribution in [2.45, 2.75) is 64.5 Å². The third-order valence-electron chi connectivity index (χ3n) is 4.07. The molecule has 3 heteroatoms. The Morgan fingerprint density at radius 2 is 2.10 bits per heavy atom. The summed E-state index contributed by atoms with van der Waals surface area (Å²) in [6.07, 6.45) is 8.81. The highest BCUT2D eigenvalue weighted by atomic mass is 16.5. The molecule has 0 radical (unpaired) electrons. The zero-order valence-electron chi connectivity index (χ0n) is 12.5. The molecule has 2 fully saturated rings. The lowest BCUT2D eigenvalue weighted by Gasteiger charge is -2.10. The first-order chi connectivity index (χ1) is 9.83. The van der Waals surface area contributed by atoms with Gasteiger partial charge in [-0.3, -0.25) is 0 Å². The van der Waals surface area contributed by atoms with Crippen LogP contribution in [0.2, 0.25) is 0 Å². The summed E-state index contributed by atoms with van der Waals surface area (Å²) in [6, 6.07) is 5.09. The van der Waals surface area contributed by atoms with Gasteiger partial charge in [-0.15, -0.1) is 0 Å². The maximum atomic E-state index is 5.87. The number of aryl methyl sites for hydroxylation is 1. The molecule has 2 aliphatic rings. The van der Waals surface area contributed by atoms with Gasteiger partial charge in [-0.2, -0.15) is 0 Å². The summed E-state index contributed by atoms with van der Waals surface area (Å²) in [7, 11) is 0. The summed E-state index contributed by atoms with van der Waals surface area (Å²) in [6.45, 7) is 3.97. The third-order valence-corrected chi connectivity index (χ3v) is 4.07. The van der Waals surface area contributed by atoms with Crippen LogP contribution in [0.15, 0.2) is 12.1 Å². The third kappa shape index (κ3) is 4.48. The van der Waals surface area contributed by atoms with Crippen LogP contribution in [-0.2, 0) is 13.0 Å². The average molecular weight is 274 g/mol. The van der Waals surface area contributed by atoms with Crippen molar-refractivity contribution in [1.29, 1.82) is 0 Å². The van der Waals surface area contributed by atoms with E-state index in [-0.39, 0.29) is 0 Å². The van der Waals surface area contributed by atoms with Crippen LogP contribution in [0.3, 0.4) is 0 Å². The highest BCUT2D eigenvalue weighted by Gasteiger charge is 2.21. The number of nitrogens with zero attached hydrogens (tertiary/aromatic N) is 1. The van der Waals surface area contributed by atoms with Gasteiger partial charge in [-0.05, 0) is 43.2 Å². The van der Waals surface area contributed by atoms with Crippen LogP contribution in [0.1, 0.15) is 56.7 Å². The normalized spacial score (nSPS) is 18.2. The molecule has 1 N–H and O–H groups in total. The molecule has 0 aromatic carbocycles. The van der Waals surface area contributed by atoms with Gasteiger partial charge in [0.05, 0.1) is 6.61 Å². The van der Waals surface area contributed by atoms with E-state index in [4.69, 9.17) is 4.74 Å². The first kappa shape index (κ1) is 13.9. The molecule has 2 saturated carbocycles. The van der Waals surface area contributed by atoms with E-state index in [0.29, 0.717) is 0 Å². The van der Waals surface area contributed by atoms with Crippen molar-refractivity contribution in [3.8, 4) is 5.88 Å². The molecule has 0 amide bonds. The van der Waals surface area contributed by atoms with Crippen LogP contribution in [0.5, 0.6) is 5.88 Å². The number of hydrogen-bond acceptors (Lipinski definition) is 3. The first-order valence-corrected chi connectivity index (χ1v) is 8.19. The van der Waals surface area contributed by atoms with Crippen LogP contribution < -0.4 is 10.1 Å². The van der Waals surface area contributed by atoms with E-state index in [0.717, 1.165) is 43.8 Å². The van der Waals surface area contributed by atoms with E-state index in [1.165, 1.54) is 43.4 Å². The molecule has 110 valence electrons. The maximum absolute atomic E-state index is 5.87. The summed E-state index contributed by atoms with van der Waals surface area (Å²) in [5.74, 6) is 1.74. The van der Waals surface area contributed by atoms with E-state index in [1.807, 2.05) is 0 Å². The lowest BCUT2D eigenvalue weighted by molar-refractivity contribution is 0.290. The molecule has 3 nitrogen and oxygen atoms in total. The molecule has 2 aliphatic carbocycles. The van der Waals surface area contributed by atoms with Gasteiger partial charge in [0.2, 0.25) is 5.88 Å². The summed E-state index contributed by atoms with van der Waals surface area (Å²) in [5.41, 5.74) is 2.49. The van der Waals surface area contributed by atoms with Crippen LogP contribution >= 0.6 is 0 Å². The minimum atomic E-state index is 0.747.